The van der Waals surface area contributed by atoms with Crippen LogP contribution in [0.4, 0.5) is 0 Å². The minimum absolute atomic E-state index is 0.0412. The zero-order chi connectivity index (χ0) is 19.4. The van der Waals surface area contributed by atoms with Gasteiger partial charge < -0.3 is 14.6 Å². The van der Waals surface area contributed by atoms with Gasteiger partial charge in [-0.25, -0.2) is 4.98 Å². The third-order valence-corrected chi connectivity index (χ3v) is 4.40. The summed E-state index contributed by atoms with van der Waals surface area (Å²) < 4.78 is 7.75. The Morgan fingerprint density at radius 3 is 2.74 bits per heavy atom. The predicted molar refractivity (Wildman–Crippen MR) is 104 cm³/mol. The minimum Gasteiger partial charge on any atom is -0.481 e. The van der Waals surface area contributed by atoms with Gasteiger partial charge in [-0.1, -0.05) is 24.3 Å². The molecule has 1 aromatic heterocycles. The van der Waals surface area contributed by atoms with Gasteiger partial charge in [0.15, 0.2) is 11.9 Å². The molecule has 6 nitrogen and oxygen atoms in total. The molecule has 3 aromatic rings. The Balaban J connectivity index is 1.56. The monoisotopic (exact) mass is 365 g/mol. The van der Waals surface area contributed by atoms with Crippen LogP contribution >= 0.6 is 0 Å². The number of carbonyl (C=O) groups excluding carboxylic acids is 2. The largest absolute Gasteiger partial charge is 0.481 e. The second kappa shape index (κ2) is 8.03. The Morgan fingerprint density at radius 2 is 1.96 bits per heavy atom. The van der Waals surface area contributed by atoms with Gasteiger partial charge in [-0.3, -0.25) is 9.59 Å². The molecule has 1 atom stereocenters. The van der Waals surface area contributed by atoms with Gasteiger partial charge in [0.1, 0.15) is 11.6 Å². The topological polar surface area (TPSA) is 73.2 Å². The quantitative estimate of drug-likeness (QED) is 0.653. The molecule has 0 fully saturated rings. The van der Waals surface area contributed by atoms with Crippen molar-refractivity contribution in [1.82, 2.24) is 14.9 Å². The van der Waals surface area contributed by atoms with Crippen LogP contribution in [0.5, 0.6) is 5.75 Å². The molecule has 6 heteroatoms. The Kier molecular flexibility index (Phi) is 5.54. The zero-order valence-corrected chi connectivity index (χ0v) is 15.7. The summed E-state index contributed by atoms with van der Waals surface area (Å²) in [6.07, 6.45) is -0.659. The van der Waals surface area contributed by atoms with Crippen LogP contribution in [-0.4, -0.2) is 33.9 Å². The average Bonchev–Trinajstić information content (AvgIpc) is 2.97. The van der Waals surface area contributed by atoms with Crippen LogP contribution < -0.4 is 10.1 Å². The first-order chi connectivity index (χ1) is 13.0. The average molecular weight is 365 g/mol. The summed E-state index contributed by atoms with van der Waals surface area (Å²) in [6, 6.07) is 14.8. The van der Waals surface area contributed by atoms with Crippen LogP contribution in [0, 0.1) is 6.92 Å². The van der Waals surface area contributed by atoms with Gasteiger partial charge >= 0.3 is 0 Å². The molecule has 27 heavy (non-hydrogen) atoms. The molecule has 0 spiro atoms. The highest BCUT2D eigenvalue weighted by Gasteiger charge is 2.15. The van der Waals surface area contributed by atoms with Gasteiger partial charge in [-0.2, -0.15) is 0 Å². The second-order valence-corrected chi connectivity index (χ2v) is 6.43. The molecule has 1 heterocycles. The predicted octanol–water partition coefficient (Wildman–Crippen LogP) is 3.13. The fourth-order valence-electron chi connectivity index (χ4n) is 2.96. The van der Waals surface area contributed by atoms with E-state index in [1.54, 1.807) is 31.2 Å². The van der Waals surface area contributed by atoms with E-state index in [0.717, 1.165) is 16.9 Å². The highest BCUT2D eigenvalue weighted by molar-refractivity contribution is 5.94. The van der Waals surface area contributed by atoms with E-state index in [2.05, 4.69) is 14.9 Å². The third kappa shape index (κ3) is 4.34. The van der Waals surface area contributed by atoms with E-state index in [9.17, 15) is 9.59 Å². The molecule has 0 aliphatic carbocycles. The maximum absolute atomic E-state index is 12.3. The molecule has 0 bridgehead atoms. The first kappa shape index (κ1) is 18.6. The van der Waals surface area contributed by atoms with E-state index in [4.69, 9.17) is 4.74 Å². The number of aryl methyl sites for hydroxylation is 1. The number of fused-ring (bicyclic) bond motifs is 1. The lowest BCUT2D eigenvalue weighted by atomic mass is 10.1. The summed E-state index contributed by atoms with van der Waals surface area (Å²) in [6.45, 7) is 6.24. The summed E-state index contributed by atoms with van der Waals surface area (Å²) in [5, 5.41) is 2.89. The molecule has 1 N–H and O–H groups in total. The van der Waals surface area contributed by atoms with Gasteiger partial charge in [0, 0.05) is 18.7 Å². The van der Waals surface area contributed by atoms with E-state index >= 15 is 0 Å². The lowest BCUT2D eigenvalue weighted by Crippen LogP contribution is -2.38. The van der Waals surface area contributed by atoms with E-state index in [-0.39, 0.29) is 11.7 Å². The number of aromatic nitrogens is 2. The zero-order valence-electron chi connectivity index (χ0n) is 15.7. The van der Waals surface area contributed by atoms with Crippen molar-refractivity contribution in [2.45, 2.75) is 33.4 Å². The molecule has 0 saturated heterocycles. The highest BCUT2D eigenvalue weighted by atomic mass is 16.5. The highest BCUT2D eigenvalue weighted by Crippen LogP contribution is 2.16. The maximum Gasteiger partial charge on any atom is 0.260 e. The van der Waals surface area contributed by atoms with Crippen LogP contribution in [0.25, 0.3) is 11.0 Å². The van der Waals surface area contributed by atoms with Crippen molar-refractivity contribution in [3.05, 3.63) is 59.9 Å². The van der Waals surface area contributed by atoms with Crippen LogP contribution in [0.2, 0.25) is 0 Å². The summed E-state index contributed by atoms with van der Waals surface area (Å²) in [7, 11) is 0. The Bertz CT molecular complexity index is 978. The number of amides is 1. The fourth-order valence-corrected chi connectivity index (χ4v) is 2.96. The third-order valence-electron chi connectivity index (χ3n) is 4.40. The number of imidazole rings is 1. The smallest absolute Gasteiger partial charge is 0.260 e. The van der Waals surface area contributed by atoms with Crippen LogP contribution in [-0.2, 0) is 11.3 Å². The number of ether oxygens (including phenoxy) is 1. The number of para-hydroxylation sites is 2. The second-order valence-electron chi connectivity index (χ2n) is 6.43. The molecule has 0 aliphatic heterocycles. The van der Waals surface area contributed by atoms with Crippen molar-refractivity contribution in [2.24, 2.45) is 0 Å². The van der Waals surface area contributed by atoms with Gasteiger partial charge in [0.2, 0.25) is 0 Å². The van der Waals surface area contributed by atoms with Crippen molar-refractivity contribution in [3.8, 4) is 5.75 Å². The number of ketones is 1. The van der Waals surface area contributed by atoms with Gasteiger partial charge in [-0.15, -0.1) is 0 Å². The summed E-state index contributed by atoms with van der Waals surface area (Å²) in [5.41, 5.74) is 2.56. The number of hydrogen-bond donors (Lipinski definition) is 1. The standard InChI is InChI=1S/C21H23N3O3/c1-14(25)17-7-6-8-18(13-17)27-15(2)21(26)22-11-12-24-16(3)23-19-9-4-5-10-20(19)24/h4-10,13,15H,11-12H2,1-3H3,(H,22,26). The molecular weight excluding hydrogens is 342 g/mol. The minimum atomic E-state index is -0.659. The van der Waals surface area contributed by atoms with E-state index < -0.39 is 6.10 Å². The molecule has 0 radical (unpaired) electrons. The number of carbonyl (C=O) groups is 2. The summed E-state index contributed by atoms with van der Waals surface area (Å²) in [4.78, 5) is 28.3. The van der Waals surface area contributed by atoms with Crippen LogP contribution in [0.15, 0.2) is 48.5 Å². The van der Waals surface area contributed by atoms with Crippen molar-refractivity contribution in [3.63, 3.8) is 0 Å². The Morgan fingerprint density at radius 1 is 1.19 bits per heavy atom. The van der Waals surface area contributed by atoms with Gasteiger partial charge in [0.25, 0.3) is 5.91 Å². The van der Waals surface area contributed by atoms with Crippen molar-refractivity contribution in [2.75, 3.05) is 6.54 Å². The van der Waals surface area contributed by atoms with E-state index in [1.807, 2.05) is 31.2 Å². The van der Waals surface area contributed by atoms with Crippen LogP contribution in [0.3, 0.4) is 0 Å². The maximum atomic E-state index is 12.3. The molecular formula is C21H23N3O3. The number of benzene rings is 2. The molecule has 140 valence electrons. The van der Waals surface area contributed by atoms with E-state index in [0.29, 0.717) is 24.4 Å². The lowest BCUT2D eigenvalue weighted by Gasteiger charge is -2.15. The number of nitrogens with one attached hydrogen (secondary N) is 1. The molecule has 1 amide bonds. The Labute approximate surface area is 158 Å². The normalized spacial score (nSPS) is 12.0. The van der Waals surface area contributed by atoms with Gasteiger partial charge in [0.05, 0.1) is 11.0 Å². The van der Waals surface area contributed by atoms with Crippen LogP contribution in [0.1, 0.15) is 30.0 Å². The van der Waals surface area contributed by atoms with E-state index in [1.165, 1.54) is 6.92 Å². The van der Waals surface area contributed by atoms with Crippen molar-refractivity contribution < 1.29 is 14.3 Å². The molecule has 0 saturated carbocycles. The summed E-state index contributed by atoms with van der Waals surface area (Å²) >= 11 is 0. The van der Waals surface area contributed by atoms with Crippen molar-refractivity contribution in [1.29, 1.82) is 0 Å². The number of Topliss-reactive ketones (excluding diaryl/α,β-unsaturated/α-hetero) is 1. The number of rotatable bonds is 7. The molecule has 3 rings (SSSR count). The SMILES string of the molecule is CC(=O)c1cccc(OC(C)C(=O)NCCn2c(C)nc3ccccc32)c1. The Hall–Kier alpha value is -3.15. The fraction of sp³-hybridized carbons (Fsp3) is 0.286. The number of nitrogens with zero attached hydrogens (tertiary/aromatic N) is 2. The van der Waals surface area contributed by atoms with Crippen molar-refractivity contribution >= 4 is 22.7 Å². The first-order valence-corrected chi connectivity index (χ1v) is 8.93. The first-order valence-electron chi connectivity index (χ1n) is 8.93. The van der Waals surface area contributed by atoms with Gasteiger partial charge in [-0.05, 0) is 45.0 Å². The molecule has 2 aromatic carbocycles. The lowest BCUT2D eigenvalue weighted by molar-refractivity contribution is -0.127. The molecule has 0 aliphatic rings. The summed E-state index contributed by atoms with van der Waals surface area (Å²) in [5.74, 6) is 1.17. The molecule has 1 unspecified atom stereocenters. The number of hydrogen-bond acceptors (Lipinski definition) is 4.